The SMILES string of the molecule is C=CCO[C@@H]1O[C@H](COC(C)=O)[C@@H](O[C@H]2O[C@H](COC(C)=O)[C@@H](OC(C)=O)[C@H](OC(C)=O)[C@H]2OC(C)=O)[C@H](OC(C)=O)[C@H]1OC(C)=O. The maximum atomic E-state index is 12.3. The van der Waals surface area contributed by atoms with Crippen molar-refractivity contribution in [3.8, 4) is 0 Å². The molecule has 2 saturated heterocycles. The average Bonchev–Trinajstić information content (AvgIpc) is 2.94. The van der Waals surface area contributed by atoms with Crippen molar-refractivity contribution in [3.63, 3.8) is 0 Å². The molecular weight excluding hydrogens is 636 g/mol. The van der Waals surface area contributed by atoms with E-state index in [-0.39, 0.29) is 6.61 Å². The minimum Gasteiger partial charge on any atom is -0.463 e. The van der Waals surface area contributed by atoms with E-state index in [0.29, 0.717) is 0 Å². The van der Waals surface area contributed by atoms with Crippen LogP contribution < -0.4 is 0 Å². The average molecular weight is 677 g/mol. The fourth-order valence-corrected chi connectivity index (χ4v) is 4.77. The van der Waals surface area contributed by atoms with Crippen LogP contribution in [0.5, 0.6) is 0 Å². The predicted octanol–water partition coefficient (Wildman–Crippen LogP) is -0.191. The van der Waals surface area contributed by atoms with Gasteiger partial charge in [0.05, 0.1) is 6.61 Å². The zero-order chi connectivity index (χ0) is 35.4. The molecule has 2 aliphatic heterocycles. The lowest BCUT2D eigenvalue weighted by atomic mass is 9.96. The van der Waals surface area contributed by atoms with Crippen LogP contribution in [-0.2, 0) is 85.7 Å². The van der Waals surface area contributed by atoms with Gasteiger partial charge in [0.25, 0.3) is 0 Å². The van der Waals surface area contributed by atoms with Gasteiger partial charge in [-0.15, -0.1) is 6.58 Å². The van der Waals surface area contributed by atoms with E-state index in [2.05, 4.69) is 6.58 Å². The van der Waals surface area contributed by atoms with Crippen molar-refractivity contribution in [2.24, 2.45) is 0 Å². The van der Waals surface area contributed by atoms with Gasteiger partial charge in [-0.2, -0.15) is 0 Å². The summed E-state index contributed by atoms with van der Waals surface area (Å²) in [6, 6.07) is 0. The zero-order valence-corrected chi connectivity index (χ0v) is 27.0. The smallest absolute Gasteiger partial charge is 0.303 e. The summed E-state index contributed by atoms with van der Waals surface area (Å²) in [4.78, 5) is 84.6. The number of ether oxygens (including phenoxy) is 11. The van der Waals surface area contributed by atoms with Crippen molar-refractivity contribution in [2.45, 2.75) is 110 Å². The second kappa shape index (κ2) is 18.3. The number of hydrogen-bond acceptors (Lipinski definition) is 18. The molecule has 2 rings (SSSR count). The van der Waals surface area contributed by atoms with Gasteiger partial charge in [-0.1, -0.05) is 6.08 Å². The number of hydrogen-bond donors (Lipinski definition) is 0. The normalized spacial score (nSPS) is 30.1. The molecule has 0 N–H and O–H groups in total. The van der Waals surface area contributed by atoms with Gasteiger partial charge in [0, 0.05) is 48.5 Å². The molecule has 2 heterocycles. The molecule has 0 aliphatic carbocycles. The fraction of sp³-hybridized carbons (Fsp3) is 0.690. The Labute approximate surface area is 270 Å². The molecular formula is C29H40O18. The number of carbonyl (C=O) groups is 7. The van der Waals surface area contributed by atoms with Gasteiger partial charge in [0.2, 0.25) is 0 Å². The topological polar surface area (TPSA) is 221 Å². The Morgan fingerprint density at radius 1 is 0.511 bits per heavy atom. The molecule has 0 aromatic heterocycles. The van der Waals surface area contributed by atoms with Crippen LogP contribution >= 0.6 is 0 Å². The molecule has 0 spiro atoms. The molecule has 0 aromatic rings. The Hall–Kier alpha value is -4.13. The maximum Gasteiger partial charge on any atom is 0.303 e. The van der Waals surface area contributed by atoms with E-state index in [4.69, 9.17) is 52.1 Å². The lowest BCUT2D eigenvalue weighted by molar-refractivity contribution is -0.360. The third-order valence-electron chi connectivity index (χ3n) is 6.26. The van der Waals surface area contributed by atoms with Crippen molar-refractivity contribution >= 4 is 41.8 Å². The van der Waals surface area contributed by atoms with Gasteiger partial charge in [-0.25, -0.2) is 0 Å². The van der Waals surface area contributed by atoms with E-state index in [0.717, 1.165) is 48.5 Å². The first-order valence-corrected chi connectivity index (χ1v) is 14.4. The number of esters is 7. The van der Waals surface area contributed by atoms with Crippen LogP contribution in [-0.4, -0.2) is 123 Å². The highest BCUT2D eigenvalue weighted by Gasteiger charge is 2.57. The first-order chi connectivity index (χ1) is 22.0. The molecule has 47 heavy (non-hydrogen) atoms. The van der Waals surface area contributed by atoms with Crippen LogP contribution in [0.4, 0.5) is 0 Å². The van der Waals surface area contributed by atoms with E-state index in [1.807, 2.05) is 0 Å². The molecule has 0 saturated carbocycles. The third-order valence-corrected chi connectivity index (χ3v) is 6.26. The minimum atomic E-state index is -1.77. The summed E-state index contributed by atoms with van der Waals surface area (Å²) in [6.07, 6.45) is -13.9. The predicted molar refractivity (Wildman–Crippen MR) is 149 cm³/mol. The van der Waals surface area contributed by atoms with Crippen LogP contribution in [0.1, 0.15) is 48.5 Å². The molecule has 2 aliphatic rings. The minimum absolute atomic E-state index is 0.110. The molecule has 0 amide bonds. The summed E-state index contributed by atoms with van der Waals surface area (Å²) < 4.78 is 61.3. The second-order valence-corrected chi connectivity index (χ2v) is 10.3. The maximum absolute atomic E-state index is 12.3. The highest BCUT2D eigenvalue weighted by atomic mass is 16.8. The van der Waals surface area contributed by atoms with Crippen molar-refractivity contribution in [1.29, 1.82) is 0 Å². The quantitative estimate of drug-likeness (QED) is 0.132. The van der Waals surface area contributed by atoms with Crippen molar-refractivity contribution in [3.05, 3.63) is 12.7 Å². The first-order valence-electron chi connectivity index (χ1n) is 14.4. The largest absolute Gasteiger partial charge is 0.463 e. The van der Waals surface area contributed by atoms with Crippen molar-refractivity contribution < 1.29 is 85.7 Å². The molecule has 2 fully saturated rings. The second-order valence-electron chi connectivity index (χ2n) is 10.3. The molecule has 18 heteroatoms. The highest BCUT2D eigenvalue weighted by Crippen LogP contribution is 2.35. The van der Waals surface area contributed by atoms with Gasteiger partial charge in [-0.05, 0) is 0 Å². The molecule has 0 unspecified atom stereocenters. The van der Waals surface area contributed by atoms with Crippen molar-refractivity contribution in [1.82, 2.24) is 0 Å². The van der Waals surface area contributed by atoms with Gasteiger partial charge >= 0.3 is 41.8 Å². The first kappa shape index (κ1) is 39.1. The van der Waals surface area contributed by atoms with Crippen LogP contribution in [0.15, 0.2) is 12.7 Å². The summed E-state index contributed by atoms with van der Waals surface area (Å²) >= 11 is 0. The summed E-state index contributed by atoms with van der Waals surface area (Å²) in [5.74, 6) is -5.81. The van der Waals surface area contributed by atoms with Gasteiger partial charge in [-0.3, -0.25) is 33.6 Å². The lowest BCUT2D eigenvalue weighted by Gasteiger charge is -2.48. The summed E-state index contributed by atoms with van der Waals surface area (Å²) in [5, 5.41) is 0. The Morgan fingerprint density at radius 3 is 1.30 bits per heavy atom. The van der Waals surface area contributed by atoms with E-state index in [1.54, 1.807) is 0 Å². The molecule has 18 nitrogen and oxygen atoms in total. The Kier molecular flexibility index (Phi) is 15.2. The molecule has 0 radical (unpaired) electrons. The summed E-state index contributed by atoms with van der Waals surface area (Å²) in [7, 11) is 0. The monoisotopic (exact) mass is 676 g/mol. The Balaban J connectivity index is 2.72. The highest BCUT2D eigenvalue weighted by molar-refractivity contribution is 5.69. The van der Waals surface area contributed by atoms with E-state index < -0.39 is 116 Å². The van der Waals surface area contributed by atoms with Crippen LogP contribution in [0.3, 0.4) is 0 Å². The third kappa shape index (κ3) is 12.2. The van der Waals surface area contributed by atoms with E-state index >= 15 is 0 Å². The molecule has 0 bridgehead atoms. The Bertz CT molecular complexity index is 1170. The summed E-state index contributed by atoms with van der Waals surface area (Å²) in [6.45, 7) is 9.85. The van der Waals surface area contributed by atoms with Gasteiger partial charge in [0.15, 0.2) is 43.1 Å². The molecule has 0 aromatic carbocycles. The summed E-state index contributed by atoms with van der Waals surface area (Å²) in [5.41, 5.74) is 0. The van der Waals surface area contributed by atoms with Crippen LogP contribution in [0.25, 0.3) is 0 Å². The number of rotatable bonds is 14. The van der Waals surface area contributed by atoms with Gasteiger partial charge < -0.3 is 52.1 Å². The van der Waals surface area contributed by atoms with Crippen LogP contribution in [0.2, 0.25) is 0 Å². The zero-order valence-electron chi connectivity index (χ0n) is 27.0. The van der Waals surface area contributed by atoms with Gasteiger partial charge in [0.1, 0.15) is 31.5 Å². The Morgan fingerprint density at radius 2 is 0.872 bits per heavy atom. The standard InChI is InChI=1S/C29H40O18/c1-9-10-37-28-26(43-18(7)35)25(42-17(6)34)23(21(45-28)12-39-14(3)31)47-29-27(44-19(8)36)24(41-16(5)33)22(40-15(4)32)20(46-29)11-38-13(2)30/h9,20-29H,1,10-12H2,2-8H3/t20-,21-,22-,23-,24+,25+,26-,27-,28-,29-/m1/s1. The molecule has 264 valence electrons. The van der Waals surface area contributed by atoms with Crippen LogP contribution in [0, 0.1) is 0 Å². The number of carbonyl (C=O) groups excluding carboxylic acids is 7. The van der Waals surface area contributed by atoms with E-state index in [1.165, 1.54) is 6.08 Å². The fourth-order valence-electron chi connectivity index (χ4n) is 4.77. The lowest BCUT2D eigenvalue weighted by Crippen LogP contribution is -2.67. The molecule has 10 atom stereocenters. The van der Waals surface area contributed by atoms with E-state index in [9.17, 15) is 33.6 Å². The van der Waals surface area contributed by atoms with Crippen molar-refractivity contribution in [2.75, 3.05) is 19.8 Å².